The van der Waals surface area contributed by atoms with Gasteiger partial charge in [0, 0.05) is 5.56 Å². The Bertz CT molecular complexity index is 1350. The van der Waals surface area contributed by atoms with Gasteiger partial charge in [0.05, 0.1) is 5.10 Å². The molecule has 1 aromatic heterocycles. The van der Waals surface area contributed by atoms with E-state index in [1.165, 1.54) is 0 Å². The number of aryl methyl sites for hydroxylation is 1. The zero-order valence-corrected chi connectivity index (χ0v) is 23.1. The standard InChI is InChI=1S/C28H25N4O3.Na.H2O/c1-19(20-6-4-3-5-7-20)35-27(34)29-26-25(32(2)31-30-26)23-10-8-21(9-11-23)22-12-14-24(15-13-22)28(18-33)16-17-28;;/h3-15,19H,16-17H2,1-2H3,(H,29,34);;1H2/q-1;+1;/t19-;;/m1../s1. The second-order valence-electron chi connectivity index (χ2n) is 8.89. The van der Waals surface area contributed by atoms with Crippen molar-refractivity contribution in [1.82, 2.24) is 10.3 Å². The summed E-state index contributed by atoms with van der Waals surface area (Å²) in [5.41, 5.74) is 5.29. The number of anilines is 1. The number of carbonyl (C=O) groups is 1. The van der Waals surface area contributed by atoms with E-state index in [0.717, 1.165) is 46.4 Å². The molecular formula is C28H27N4NaO4. The van der Waals surface area contributed by atoms with Crippen LogP contribution < -0.4 is 39.6 Å². The van der Waals surface area contributed by atoms with Gasteiger partial charge in [0.2, 0.25) is 5.69 Å². The van der Waals surface area contributed by atoms with Gasteiger partial charge >= 0.3 is 41.5 Å². The molecule has 0 unspecified atom stereocenters. The number of carbonyl (C=O) groups excluding carboxylic acids is 2. The Morgan fingerprint density at radius 2 is 1.57 bits per heavy atom. The van der Waals surface area contributed by atoms with Crippen LogP contribution in [-0.4, -0.2) is 28.2 Å². The number of amides is 1. The smallest absolute Gasteiger partial charge is 0.870 e. The molecule has 0 bridgehead atoms. The topological polar surface area (TPSA) is 118 Å². The quantitative estimate of drug-likeness (QED) is 0.225. The van der Waals surface area contributed by atoms with Crippen LogP contribution in [0, 0.1) is 0 Å². The number of H-pyrrole nitrogens is 1. The van der Waals surface area contributed by atoms with Crippen LogP contribution in [0.25, 0.3) is 22.4 Å². The molecule has 8 nitrogen and oxygen atoms in total. The van der Waals surface area contributed by atoms with E-state index in [1.807, 2.05) is 92.8 Å². The number of benzene rings is 3. The Morgan fingerprint density at radius 3 is 2.14 bits per heavy atom. The van der Waals surface area contributed by atoms with E-state index >= 15 is 0 Å². The molecule has 0 spiro atoms. The van der Waals surface area contributed by atoms with Crippen LogP contribution in [-0.2, 0) is 22.0 Å². The minimum absolute atomic E-state index is 0. The molecule has 1 aliphatic carbocycles. The summed E-state index contributed by atoms with van der Waals surface area (Å²) in [5.74, 6) is 0.384. The first kappa shape index (κ1) is 28.3. The van der Waals surface area contributed by atoms with E-state index in [4.69, 9.17) is 4.74 Å². The third kappa shape index (κ3) is 5.99. The van der Waals surface area contributed by atoms with Gasteiger partial charge in [0.1, 0.15) is 13.2 Å². The third-order valence-corrected chi connectivity index (χ3v) is 6.52. The fraction of sp³-hybridized carbons (Fsp3) is 0.214. The minimum Gasteiger partial charge on any atom is -0.870 e. The van der Waals surface area contributed by atoms with E-state index in [1.54, 1.807) is 4.68 Å². The summed E-state index contributed by atoms with van der Waals surface area (Å²) in [4.78, 5) is 23.8. The summed E-state index contributed by atoms with van der Waals surface area (Å²) in [6.45, 7) is 1.83. The van der Waals surface area contributed by atoms with Gasteiger partial charge in [-0.25, -0.2) is 10.1 Å². The largest absolute Gasteiger partial charge is 1.00 e. The molecule has 184 valence electrons. The molecule has 1 heterocycles. The predicted octanol–water partition coefficient (Wildman–Crippen LogP) is 1.85. The molecule has 1 amide bonds. The molecule has 1 saturated carbocycles. The van der Waals surface area contributed by atoms with Gasteiger partial charge in [0.25, 0.3) is 0 Å². The Kier molecular flexibility index (Phi) is 9.04. The molecule has 1 aliphatic rings. The SMILES string of the molecule is C[C@@H](OC(=O)Nc1n[nH][n+](C)c1-c1ccc(-c2ccc(C3([C-]=O)CC3)cc2)cc1)c1ccccc1.[Na+].[OH-]. The molecule has 0 aliphatic heterocycles. The normalized spacial score (nSPS) is 13.9. The van der Waals surface area contributed by atoms with Crippen molar-refractivity contribution >= 4 is 18.2 Å². The van der Waals surface area contributed by atoms with Crippen molar-refractivity contribution in [3.63, 3.8) is 0 Å². The van der Waals surface area contributed by atoms with Crippen LogP contribution in [0.15, 0.2) is 78.9 Å². The first-order chi connectivity index (χ1) is 17.0. The van der Waals surface area contributed by atoms with Crippen molar-refractivity contribution in [3.8, 4) is 22.4 Å². The molecular weight excluding hydrogens is 479 g/mol. The summed E-state index contributed by atoms with van der Waals surface area (Å²) < 4.78 is 7.27. The van der Waals surface area contributed by atoms with Crippen molar-refractivity contribution in [1.29, 1.82) is 0 Å². The number of hydrogen-bond acceptors (Lipinski definition) is 5. The number of aromatic amines is 1. The maximum Gasteiger partial charge on any atom is 1.00 e. The average Bonchev–Trinajstić information content (AvgIpc) is 3.62. The van der Waals surface area contributed by atoms with Gasteiger partial charge in [-0.2, -0.15) is 4.68 Å². The van der Waals surface area contributed by atoms with E-state index in [9.17, 15) is 9.59 Å². The summed E-state index contributed by atoms with van der Waals surface area (Å²) in [6.07, 6.45) is 2.98. The second kappa shape index (κ2) is 11.8. The zero-order valence-electron chi connectivity index (χ0n) is 21.1. The van der Waals surface area contributed by atoms with Gasteiger partial charge in [-0.15, -0.1) is 5.41 Å². The van der Waals surface area contributed by atoms with E-state index in [-0.39, 0.29) is 40.4 Å². The Labute approximate surface area is 237 Å². The van der Waals surface area contributed by atoms with E-state index in [0.29, 0.717) is 5.82 Å². The Balaban J connectivity index is 0.00000190. The molecule has 0 radical (unpaired) electrons. The fourth-order valence-electron chi connectivity index (χ4n) is 4.26. The molecule has 0 saturated heterocycles. The van der Waals surface area contributed by atoms with Gasteiger partial charge in [0.15, 0.2) is 0 Å². The van der Waals surface area contributed by atoms with Crippen LogP contribution in [0.3, 0.4) is 0 Å². The van der Waals surface area contributed by atoms with Gasteiger partial charge in [-0.3, -0.25) is 6.29 Å². The molecule has 3 N–H and O–H groups in total. The third-order valence-electron chi connectivity index (χ3n) is 6.52. The van der Waals surface area contributed by atoms with Crippen LogP contribution in [0.4, 0.5) is 10.6 Å². The molecule has 37 heavy (non-hydrogen) atoms. The zero-order chi connectivity index (χ0) is 24.4. The molecule has 5 rings (SSSR count). The maximum absolute atomic E-state index is 12.5. The molecule has 9 heteroatoms. The summed E-state index contributed by atoms with van der Waals surface area (Å²) in [7, 11) is 1.83. The molecule has 1 atom stereocenters. The Hall–Kier alpha value is -3.30. The Morgan fingerprint density at radius 1 is 1.00 bits per heavy atom. The molecule has 3 aromatic carbocycles. The van der Waals surface area contributed by atoms with Gasteiger partial charge in [-0.05, 0) is 35.7 Å². The number of rotatable bonds is 7. The van der Waals surface area contributed by atoms with Crippen molar-refractivity contribution < 1.29 is 54.0 Å². The molecule has 1 fully saturated rings. The van der Waals surface area contributed by atoms with Crippen LogP contribution in [0.2, 0.25) is 0 Å². The summed E-state index contributed by atoms with van der Waals surface area (Å²) >= 11 is 0. The van der Waals surface area contributed by atoms with E-state index < -0.39 is 12.2 Å². The number of nitrogens with one attached hydrogen (secondary N) is 2. The first-order valence-electron chi connectivity index (χ1n) is 11.6. The maximum atomic E-state index is 12.5. The summed E-state index contributed by atoms with van der Waals surface area (Å²) in [5, 5.41) is 9.86. The number of nitrogens with zero attached hydrogens (tertiary/aromatic N) is 2. The monoisotopic (exact) mass is 506 g/mol. The molecule has 4 aromatic rings. The van der Waals surface area contributed by atoms with Crippen LogP contribution in [0.5, 0.6) is 0 Å². The predicted molar refractivity (Wildman–Crippen MR) is 134 cm³/mol. The van der Waals surface area contributed by atoms with Crippen LogP contribution in [0.1, 0.15) is 37.0 Å². The van der Waals surface area contributed by atoms with Crippen molar-refractivity contribution in [2.75, 3.05) is 5.32 Å². The van der Waals surface area contributed by atoms with Crippen molar-refractivity contribution in [3.05, 3.63) is 90.0 Å². The average molecular weight is 507 g/mol. The number of hydrogen-bond donors (Lipinski definition) is 2. The van der Waals surface area contributed by atoms with Gasteiger partial charge < -0.3 is 15.0 Å². The van der Waals surface area contributed by atoms with Gasteiger partial charge in [-0.1, -0.05) is 90.3 Å². The first-order valence-corrected chi connectivity index (χ1v) is 11.6. The van der Waals surface area contributed by atoms with Crippen LogP contribution >= 0.6 is 0 Å². The van der Waals surface area contributed by atoms with Crippen molar-refractivity contribution in [2.45, 2.75) is 31.3 Å². The summed E-state index contributed by atoms with van der Waals surface area (Å²) in [6, 6.07) is 25.7. The van der Waals surface area contributed by atoms with E-state index in [2.05, 4.69) is 21.9 Å². The second-order valence-corrected chi connectivity index (χ2v) is 8.89. The van der Waals surface area contributed by atoms with Crippen molar-refractivity contribution in [2.24, 2.45) is 7.05 Å². The fourth-order valence-corrected chi connectivity index (χ4v) is 4.26. The number of ether oxygens (including phenoxy) is 1. The number of aromatic nitrogens is 3. The minimum atomic E-state index is -0.576.